The lowest BCUT2D eigenvalue weighted by molar-refractivity contribution is -0.388. The third-order valence-electron chi connectivity index (χ3n) is 2.17. The number of carboxylic acids is 1. The molecule has 1 rings (SSSR count). The number of rotatable bonds is 2. The maximum Gasteiger partial charge on any atom is 0.423 e. The Bertz CT molecular complexity index is 525. The number of alkyl halides is 6. The predicted octanol–water partition coefficient (Wildman–Crippen LogP) is 3.33. The van der Waals surface area contributed by atoms with Crippen molar-refractivity contribution in [3.63, 3.8) is 0 Å². The molecule has 110 valence electrons. The first kappa shape index (κ1) is 15.7. The molecule has 11 heteroatoms. The minimum Gasteiger partial charge on any atom is -0.478 e. The maximum atomic E-state index is 12.5. The molecular weight excluding hydrogens is 300 g/mol. The van der Waals surface area contributed by atoms with Gasteiger partial charge in [0.15, 0.2) is 0 Å². The van der Waals surface area contributed by atoms with Crippen LogP contribution in [0.25, 0.3) is 0 Å². The van der Waals surface area contributed by atoms with Crippen LogP contribution in [0.4, 0.5) is 32.0 Å². The summed E-state index contributed by atoms with van der Waals surface area (Å²) in [5, 5.41) is 18.9. The number of benzene rings is 1. The summed E-state index contributed by atoms with van der Waals surface area (Å²) in [6.45, 7) is 0. The fourth-order valence-corrected chi connectivity index (χ4v) is 1.38. The van der Waals surface area contributed by atoms with Crippen molar-refractivity contribution in [3.8, 4) is 0 Å². The summed E-state index contributed by atoms with van der Waals surface area (Å²) in [4.78, 5) is 19.3. The number of carbonyl (C=O) groups is 1. The third kappa shape index (κ3) is 2.97. The van der Waals surface area contributed by atoms with Gasteiger partial charge in [0.05, 0.1) is 16.1 Å². The molecule has 0 heterocycles. The van der Waals surface area contributed by atoms with Crippen LogP contribution < -0.4 is 0 Å². The highest BCUT2D eigenvalue weighted by Gasteiger charge is 2.44. The zero-order chi connectivity index (χ0) is 15.9. The molecule has 0 saturated carbocycles. The van der Waals surface area contributed by atoms with Gasteiger partial charge >= 0.3 is 18.3 Å². The van der Waals surface area contributed by atoms with Crippen molar-refractivity contribution >= 4 is 11.7 Å². The number of carboxylic acid groups (broad SMARTS) is 1. The maximum absolute atomic E-state index is 12.5. The van der Waals surface area contributed by atoms with Crippen LogP contribution in [-0.2, 0) is 12.4 Å². The monoisotopic (exact) mass is 303 g/mol. The molecule has 0 saturated heterocycles. The molecule has 0 aliphatic carbocycles. The number of hydrogen-bond acceptors (Lipinski definition) is 3. The van der Waals surface area contributed by atoms with E-state index >= 15 is 0 Å². The van der Waals surface area contributed by atoms with Crippen molar-refractivity contribution in [2.75, 3.05) is 0 Å². The minimum atomic E-state index is -5.36. The Morgan fingerprint density at radius 2 is 1.50 bits per heavy atom. The van der Waals surface area contributed by atoms with Crippen LogP contribution >= 0.6 is 0 Å². The molecule has 0 aliphatic heterocycles. The van der Waals surface area contributed by atoms with Crippen LogP contribution in [0.3, 0.4) is 0 Å². The van der Waals surface area contributed by atoms with Crippen LogP contribution in [0.1, 0.15) is 21.5 Å². The van der Waals surface area contributed by atoms with Gasteiger partial charge in [0.2, 0.25) is 0 Å². The van der Waals surface area contributed by atoms with E-state index in [4.69, 9.17) is 5.11 Å². The predicted molar refractivity (Wildman–Crippen MR) is 50.1 cm³/mol. The Kier molecular flexibility index (Phi) is 3.66. The van der Waals surface area contributed by atoms with E-state index in [0.29, 0.717) is 0 Å². The molecular formula is C9H3F6NO4. The highest BCUT2D eigenvalue weighted by atomic mass is 19.4. The summed E-state index contributed by atoms with van der Waals surface area (Å²) in [6, 6.07) is -0.838. The molecule has 0 aromatic heterocycles. The number of aromatic carboxylic acids is 1. The lowest BCUT2D eigenvalue weighted by atomic mass is 10.0. The van der Waals surface area contributed by atoms with Crippen molar-refractivity contribution in [1.82, 2.24) is 0 Å². The van der Waals surface area contributed by atoms with Crippen LogP contribution in [0.2, 0.25) is 0 Å². The van der Waals surface area contributed by atoms with E-state index in [1.807, 2.05) is 0 Å². The van der Waals surface area contributed by atoms with Gasteiger partial charge in [-0.2, -0.15) is 26.3 Å². The zero-order valence-electron chi connectivity index (χ0n) is 9.04. The fraction of sp³-hybridized carbons (Fsp3) is 0.222. The van der Waals surface area contributed by atoms with Crippen molar-refractivity contribution in [2.24, 2.45) is 0 Å². The van der Waals surface area contributed by atoms with Gasteiger partial charge in [-0.1, -0.05) is 0 Å². The highest BCUT2D eigenvalue weighted by Crippen LogP contribution is 2.41. The number of hydrogen-bond donors (Lipinski definition) is 1. The van der Waals surface area contributed by atoms with E-state index in [9.17, 15) is 41.3 Å². The van der Waals surface area contributed by atoms with Crippen molar-refractivity contribution in [1.29, 1.82) is 0 Å². The van der Waals surface area contributed by atoms with E-state index in [-0.39, 0.29) is 0 Å². The Morgan fingerprint density at radius 3 is 1.80 bits per heavy atom. The van der Waals surface area contributed by atoms with Crippen molar-refractivity contribution in [3.05, 3.63) is 38.9 Å². The lowest BCUT2D eigenvalue weighted by Crippen LogP contribution is -2.17. The fourth-order valence-electron chi connectivity index (χ4n) is 1.38. The number of halogens is 6. The van der Waals surface area contributed by atoms with Gasteiger partial charge in [-0.15, -0.1) is 0 Å². The Labute approximate surface area is 105 Å². The second-order valence-corrected chi connectivity index (χ2v) is 3.47. The molecule has 1 aromatic rings. The largest absolute Gasteiger partial charge is 0.478 e. The normalized spacial score (nSPS) is 12.3. The molecule has 0 fully saturated rings. The Balaban J connectivity index is 3.79. The van der Waals surface area contributed by atoms with E-state index in [1.54, 1.807) is 0 Å². The molecule has 1 aromatic carbocycles. The summed E-state index contributed by atoms with van der Waals surface area (Å²) in [5.74, 6) is -2.28. The molecule has 0 aliphatic rings. The van der Waals surface area contributed by atoms with Crippen LogP contribution in [0.15, 0.2) is 12.1 Å². The molecule has 0 atom stereocenters. The van der Waals surface area contributed by atoms with E-state index in [0.717, 1.165) is 0 Å². The summed E-state index contributed by atoms with van der Waals surface area (Å²) in [6.07, 6.45) is -10.7. The summed E-state index contributed by atoms with van der Waals surface area (Å²) in [5.41, 5.74) is -7.66. The number of nitrogens with zero attached hydrogens (tertiary/aromatic N) is 1. The molecule has 5 nitrogen and oxygen atoms in total. The van der Waals surface area contributed by atoms with Gasteiger partial charge in [-0.25, -0.2) is 4.79 Å². The van der Waals surface area contributed by atoms with Crippen LogP contribution in [0.5, 0.6) is 0 Å². The quantitative estimate of drug-likeness (QED) is 0.516. The molecule has 0 bridgehead atoms. The smallest absolute Gasteiger partial charge is 0.423 e. The first-order valence-corrected chi connectivity index (χ1v) is 4.56. The number of nitro groups is 1. The summed E-state index contributed by atoms with van der Waals surface area (Å²) in [7, 11) is 0. The first-order chi connectivity index (χ1) is 8.85. The first-order valence-electron chi connectivity index (χ1n) is 4.56. The zero-order valence-corrected chi connectivity index (χ0v) is 9.04. The molecule has 0 radical (unpaired) electrons. The highest BCUT2D eigenvalue weighted by molar-refractivity contribution is 5.90. The molecule has 0 unspecified atom stereocenters. The average Bonchev–Trinajstić information content (AvgIpc) is 2.24. The summed E-state index contributed by atoms with van der Waals surface area (Å²) >= 11 is 0. The van der Waals surface area contributed by atoms with E-state index in [2.05, 4.69) is 0 Å². The molecule has 0 amide bonds. The average molecular weight is 303 g/mol. The van der Waals surface area contributed by atoms with E-state index in [1.165, 1.54) is 0 Å². The van der Waals surface area contributed by atoms with Gasteiger partial charge in [0.25, 0.3) is 5.69 Å². The van der Waals surface area contributed by atoms with Crippen LogP contribution in [-0.4, -0.2) is 16.0 Å². The summed E-state index contributed by atoms with van der Waals surface area (Å²) < 4.78 is 75.0. The van der Waals surface area contributed by atoms with Gasteiger partial charge in [0, 0.05) is 6.07 Å². The topological polar surface area (TPSA) is 80.4 Å². The molecule has 1 N–H and O–H groups in total. The van der Waals surface area contributed by atoms with Crippen molar-refractivity contribution in [2.45, 2.75) is 12.4 Å². The minimum absolute atomic E-state index is 0.400. The standard InChI is InChI=1S/C9H3F6NO4/c10-8(11,12)4-2-6(16(19)20)5(9(13,14)15)1-3(4)7(17)18/h1-2H,(H,17,18). The second-order valence-electron chi connectivity index (χ2n) is 3.47. The lowest BCUT2D eigenvalue weighted by Gasteiger charge is -2.13. The Hall–Kier alpha value is -2.33. The SMILES string of the molecule is O=C(O)c1cc(C(F)(F)F)c([N+](=O)[O-])cc1C(F)(F)F. The third-order valence-corrected chi connectivity index (χ3v) is 2.17. The van der Waals surface area contributed by atoms with Crippen molar-refractivity contribution < 1.29 is 41.2 Å². The van der Waals surface area contributed by atoms with Gasteiger partial charge in [-0.3, -0.25) is 10.1 Å². The van der Waals surface area contributed by atoms with Gasteiger partial charge < -0.3 is 5.11 Å². The van der Waals surface area contributed by atoms with Crippen LogP contribution in [0, 0.1) is 10.1 Å². The van der Waals surface area contributed by atoms with Gasteiger partial charge in [-0.05, 0) is 6.07 Å². The Morgan fingerprint density at radius 1 is 1.05 bits per heavy atom. The number of nitro benzene ring substituents is 1. The van der Waals surface area contributed by atoms with Gasteiger partial charge in [0.1, 0.15) is 5.56 Å². The van der Waals surface area contributed by atoms with E-state index < -0.39 is 57.8 Å². The molecule has 0 spiro atoms. The molecule has 20 heavy (non-hydrogen) atoms. The second kappa shape index (κ2) is 4.65.